The van der Waals surface area contributed by atoms with Crippen molar-refractivity contribution in [1.82, 2.24) is 5.32 Å². The zero-order valence-electron chi connectivity index (χ0n) is 11.8. The molecule has 0 radical (unpaired) electrons. The molecule has 0 aromatic heterocycles. The van der Waals surface area contributed by atoms with Crippen LogP contribution in [0.15, 0.2) is 12.7 Å². The van der Waals surface area contributed by atoms with Crippen LogP contribution in [-0.4, -0.2) is 53.7 Å². The molecule has 19 heavy (non-hydrogen) atoms. The summed E-state index contributed by atoms with van der Waals surface area (Å²) in [6.45, 7) is 4.93. The van der Waals surface area contributed by atoms with Crippen LogP contribution < -0.4 is 5.32 Å². The van der Waals surface area contributed by atoms with E-state index in [1.54, 1.807) is 6.92 Å². The second-order valence-electron chi connectivity index (χ2n) is 3.78. The summed E-state index contributed by atoms with van der Waals surface area (Å²) in [5.74, 6) is -0.367. The van der Waals surface area contributed by atoms with Gasteiger partial charge in [-0.3, -0.25) is 4.79 Å². The maximum absolute atomic E-state index is 11.0. The highest BCUT2D eigenvalue weighted by Gasteiger charge is 2.38. The fourth-order valence-electron chi connectivity index (χ4n) is 1.45. The number of aliphatic hydroxyl groups is 1. The van der Waals surface area contributed by atoms with E-state index in [0.717, 1.165) is 6.08 Å². The molecular weight excluding hydrogens is 270 g/mol. The van der Waals surface area contributed by atoms with Gasteiger partial charge in [0.05, 0.1) is 0 Å². The summed E-state index contributed by atoms with van der Waals surface area (Å²) in [7, 11) is 1.78. The molecule has 8 heteroatoms. The van der Waals surface area contributed by atoms with Gasteiger partial charge in [-0.1, -0.05) is 6.58 Å². The Morgan fingerprint density at radius 2 is 1.89 bits per heavy atom. The molecule has 0 fully saturated rings. The van der Waals surface area contributed by atoms with E-state index in [2.05, 4.69) is 11.9 Å². The first-order chi connectivity index (χ1) is 8.92. The quantitative estimate of drug-likeness (QED) is 0.341. The molecule has 0 heterocycles. The van der Waals surface area contributed by atoms with Gasteiger partial charge in [-0.05, 0) is 13.0 Å². The summed E-state index contributed by atoms with van der Waals surface area (Å²) >= 11 is 0. The van der Waals surface area contributed by atoms with E-state index in [0.29, 0.717) is 6.04 Å². The summed E-state index contributed by atoms with van der Waals surface area (Å²) < 4.78 is 20.8. The molecule has 2 atom stereocenters. The van der Waals surface area contributed by atoms with Crippen molar-refractivity contribution in [1.29, 1.82) is 0 Å². The minimum absolute atomic E-state index is 0.274. The van der Waals surface area contributed by atoms with Crippen LogP contribution in [0.4, 0.5) is 0 Å². The Morgan fingerprint density at radius 1 is 1.37 bits per heavy atom. The maximum atomic E-state index is 11.0. The summed E-state index contributed by atoms with van der Waals surface area (Å²) in [4.78, 5) is 11.0. The summed E-state index contributed by atoms with van der Waals surface area (Å²) in [6, 6.07) is 0.403. The Labute approximate surface area is 114 Å². The predicted octanol–water partition coefficient (Wildman–Crippen LogP) is 0.238. The van der Waals surface area contributed by atoms with E-state index in [4.69, 9.17) is 18.0 Å². The smallest absolute Gasteiger partial charge is 0.377 e. The zero-order chi connectivity index (χ0) is 14.9. The lowest BCUT2D eigenvalue weighted by atomic mass is 10.4. The third-order valence-corrected chi connectivity index (χ3v) is 5.29. The molecule has 2 N–H and O–H groups in total. The lowest BCUT2D eigenvalue weighted by Gasteiger charge is -2.26. The number of nitrogens with one attached hydrogen (secondary N) is 1. The molecule has 7 nitrogen and oxygen atoms in total. The van der Waals surface area contributed by atoms with E-state index >= 15 is 0 Å². The first-order valence-electron chi connectivity index (χ1n) is 5.85. The molecule has 0 aromatic rings. The highest BCUT2D eigenvalue weighted by Crippen LogP contribution is 2.17. The molecule has 0 rings (SSSR count). The second kappa shape index (κ2) is 9.18. The van der Waals surface area contributed by atoms with Crippen molar-refractivity contribution in [2.75, 3.05) is 21.3 Å². The maximum Gasteiger partial charge on any atom is 0.500 e. The van der Waals surface area contributed by atoms with Crippen LogP contribution in [-0.2, 0) is 22.8 Å². The fourth-order valence-corrected chi connectivity index (χ4v) is 3.17. The molecule has 0 aliphatic heterocycles. The lowest BCUT2D eigenvalue weighted by molar-refractivity contribution is -0.148. The van der Waals surface area contributed by atoms with Gasteiger partial charge in [-0.2, -0.15) is 0 Å². The van der Waals surface area contributed by atoms with E-state index in [9.17, 15) is 9.90 Å². The molecule has 112 valence electrons. The largest absolute Gasteiger partial charge is 0.500 e. The van der Waals surface area contributed by atoms with Gasteiger partial charge >= 0.3 is 8.80 Å². The Bertz CT molecular complexity index is 276. The normalized spacial score (nSPS) is 14.8. The zero-order valence-corrected chi connectivity index (χ0v) is 12.8. The van der Waals surface area contributed by atoms with Crippen LogP contribution in [0.1, 0.15) is 13.3 Å². The molecular formula is C11H23NO6Si. The minimum atomic E-state index is -2.71. The molecule has 1 amide bonds. The highest BCUT2D eigenvalue weighted by molar-refractivity contribution is 6.60. The van der Waals surface area contributed by atoms with E-state index in [1.807, 2.05) is 0 Å². The van der Waals surface area contributed by atoms with Gasteiger partial charge in [0.25, 0.3) is 0 Å². The number of hydrogen-bond acceptors (Lipinski definition) is 6. The van der Waals surface area contributed by atoms with Crippen molar-refractivity contribution >= 4 is 14.7 Å². The van der Waals surface area contributed by atoms with Crippen molar-refractivity contribution in [3.05, 3.63) is 12.7 Å². The molecule has 0 bridgehead atoms. The number of rotatable bonds is 10. The molecule has 0 aliphatic carbocycles. The van der Waals surface area contributed by atoms with Gasteiger partial charge in [-0.15, -0.1) is 0 Å². The van der Waals surface area contributed by atoms with Crippen LogP contribution in [0.3, 0.4) is 0 Å². The third kappa shape index (κ3) is 6.81. The van der Waals surface area contributed by atoms with Gasteiger partial charge in [0.15, 0.2) is 6.29 Å². The Balaban J connectivity index is 4.13. The number of amides is 1. The third-order valence-electron chi connectivity index (χ3n) is 2.52. The number of hydrogen-bond donors (Lipinski definition) is 2. The Morgan fingerprint density at radius 3 is 2.32 bits per heavy atom. The summed E-state index contributed by atoms with van der Waals surface area (Å²) in [6.07, 6.45) is -0.266. The van der Waals surface area contributed by atoms with Crippen LogP contribution in [0.5, 0.6) is 0 Å². The molecule has 0 spiro atoms. The van der Waals surface area contributed by atoms with Crippen LogP contribution in [0, 0.1) is 0 Å². The van der Waals surface area contributed by atoms with Crippen molar-refractivity contribution < 1.29 is 27.9 Å². The second-order valence-corrected chi connectivity index (χ2v) is 6.87. The molecule has 0 saturated carbocycles. The van der Waals surface area contributed by atoms with Crippen LogP contribution >= 0.6 is 0 Å². The van der Waals surface area contributed by atoms with Crippen LogP contribution in [0.25, 0.3) is 0 Å². The monoisotopic (exact) mass is 293 g/mol. The van der Waals surface area contributed by atoms with E-state index in [-0.39, 0.29) is 12.3 Å². The summed E-state index contributed by atoms with van der Waals surface area (Å²) in [5, 5.41) is 12.2. The Hall–Kier alpha value is -0.773. The first kappa shape index (κ1) is 18.2. The van der Waals surface area contributed by atoms with Gasteiger partial charge in [0.1, 0.15) is 6.23 Å². The number of aliphatic hydroxyl groups excluding tert-OH is 1. The highest BCUT2D eigenvalue weighted by atomic mass is 28.4. The fraction of sp³-hybridized carbons (Fsp3) is 0.727. The van der Waals surface area contributed by atoms with Crippen molar-refractivity contribution in [3.63, 3.8) is 0 Å². The topological polar surface area (TPSA) is 86.3 Å². The predicted molar refractivity (Wildman–Crippen MR) is 71.1 cm³/mol. The summed E-state index contributed by atoms with van der Waals surface area (Å²) in [5.41, 5.74) is 0. The molecule has 2 unspecified atom stereocenters. The van der Waals surface area contributed by atoms with Crippen molar-refractivity contribution in [2.24, 2.45) is 0 Å². The first-order valence-corrected chi connectivity index (χ1v) is 7.78. The molecule has 0 aromatic carbocycles. The SMILES string of the molecule is C=CC(=O)NC(C)OC(O)CC[Si](OC)(OC)OC. The van der Waals surface area contributed by atoms with Gasteiger partial charge < -0.3 is 28.4 Å². The number of ether oxygens (including phenoxy) is 1. The van der Waals surface area contributed by atoms with Crippen molar-refractivity contribution in [2.45, 2.75) is 31.9 Å². The van der Waals surface area contributed by atoms with E-state index in [1.165, 1.54) is 21.3 Å². The number of carbonyl (C=O) groups is 1. The van der Waals surface area contributed by atoms with Gasteiger partial charge in [0.2, 0.25) is 5.91 Å². The van der Waals surface area contributed by atoms with Gasteiger partial charge in [0, 0.05) is 33.8 Å². The van der Waals surface area contributed by atoms with E-state index < -0.39 is 21.3 Å². The molecule has 0 saturated heterocycles. The standard InChI is InChI=1S/C11H23NO6Si/c1-6-10(13)12-9(2)18-11(14)7-8-19(15-3,16-4)17-5/h6,9,11,14H,1,7-8H2,2-5H3,(H,12,13). The van der Waals surface area contributed by atoms with Gasteiger partial charge in [-0.25, -0.2) is 0 Å². The number of carbonyl (C=O) groups excluding carboxylic acids is 1. The van der Waals surface area contributed by atoms with Crippen LogP contribution in [0.2, 0.25) is 6.04 Å². The molecule has 0 aliphatic rings. The Kier molecular flexibility index (Phi) is 8.81. The average Bonchev–Trinajstić information content (AvgIpc) is 2.40. The average molecular weight is 293 g/mol. The minimum Gasteiger partial charge on any atom is -0.377 e. The van der Waals surface area contributed by atoms with Crippen molar-refractivity contribution in [3.8, 4) is 0 Å². The lowest BCUT2D eigenvalue weighted by Crippen LogP contribution is -2.44.